The fourth-order valence-electron chi connectivity index (χ4n) is 2.85. The summed E-state index contributed by atoms with van der Waals surface area (Å²) in [6, 6.07) is 22.0. The van der Waals surface area contributed by atoms with E-state index in [0.717, 1.165) is 17.0 Å². The predicted molar refractivity (Wildman–Crippen MR) is 117 cm³/mol. The van der Waals surface area contributed by atoms with Crippen molar-refractivity contribution in [3.63, 3.8) is 0 Å². The van der Waals surface area contributed by atoms with Crippen LogP contribution in [-0.2, 0) is 10.5 Å². The molecule has 29 heavy (non-hydrogen) atoms. The lowest BCUT2D eigenvalue weighted by molar-refractivity contribution is -0.122. The second-order valence-corrected chi connectivity index (χ2v) is 7.76. The molecule has 1 atom stereocenters. The van der Waals surface area contributed by atoms with Crippen molar-refractivity contribution in [1.82, 2.24) is 0 Å². The van der Waals surface area contributed by atoms with Gasteiger partial charge >= 0.3 is 0 Å². The minimum atomic E-state index is -0.645. The van der Waals surface area contributed by atoms with Crippen molar-refractivity contribution in [2.24, 2.45) is 0 Å². The quantitative estimate of drug-likeness (QED) is 0.449. The smallest absolute Gasteiger partial charge is 0.265 e. The zero-order chi connectivity index (χ0) is 20.6. The van der Waals surface area contributed by atoms with Gasteiger partial charge in [0.2, 0.25) is 0 Å². The van der Waals surface area contributed by atoms with Crippen LogP contribution in [0.15, 0.2) is 77.7 Å². The topological polar surface area (TPSA) is 38.3 Å². The predicted octanol–water partition coefficient (Wildman–Crippen LogP) is 6.22. The maximum Gasteiger partial charge on any atom is 0.265 e. The molecule has 0 bridgehead atoms. The third-order valence-corrected chi connectivity index (χ3v) is 5.54. The summed E-state index contributed by atoms with van der Waals surface area (Å²) < 4.78 is 18.8. The van der Waals surface area contributed by atoms with Gasteiger partial charge in [-0.2, -0.15) is 0 Å². The molecule has 1 amide bonds. The third-order valence-electron chi connectivity index (χ3n) is 4.45. The van der Waals surface area contributed by atoms with Gasteiger partial charge in [0, 0.05) is 16.3 Å². The van der Waals surface area contributed by atoms with Crippen LogP contribution in [-0.4, -0.2) is 12.0 Å². The van der Waals surface area contributed by atoms with E-state index in [4.69, 9.17) is 4.74 Å². The average molecular weight is 410 g/mol. The Hall–Kier alpha value is -2.79. The van der Waals surface area contributed by atoms with E-state index in [1.165, 1.54) is 34.7 Å². The Morgan fingerprint density at radius 2 is 1.79 bits per heavy atom. The van der Waals surface area contributed by atoms with Gasteiger partial charge in [0.1, 0.15) is 11.6 Å². The number of anilines is 1. The van der Waals surface area contributed by atoms with Gasteiger partial charge in [-0.3, -0.25) is 4.79 Å². The second-order valence-electron chi connectivity index (χ2n) is 6.71. The number of halogens is 1. The number of carbonyl (C=O) groups excluding carboxylic acids is 1. The molecule has 0 radical (unpaired) electrons. The van der Waals surface area contributed by atoms with Crippen molar-refractivity contribution < 1.29 is 13.9 Å². The molecule has 0 saturated carbocycles. The van der Waals surface area contributed by atoms with Gasteiger partial charge < -0.3 is 10.1 Å². The second kappa shape index (κ2) is 10.1. The number of amides is 1. The number of hydrogen-bond donors (Lipinski definition) is 1. The van der Waals surface area contributed by atoms with E-state index < -0.39 is 6.10 Å². The van der Waals surface area contributed by atoms with Crippen LogP contribution >= 0.6 is 11.8 Å². The molecule has 0 fully saturated rings. The van der Waals surface area contributed by atoms with Crippen molar-refractivity contribution >= 4 is 23.4 Å². The van der Waals surface area contributed by atoms with Gasteiger partial charge in [0.25, 0.3) is 5.91 Å². The summed E-state index contributed by atoms with van der Waals surface area (Å²) in [5.74, 6) is 0.783. The van der Waals surface area contributed by atoms with Crippen LogP contribution in [0.3, 0.4) is 0 Å². The zero-order valence-corrected chi connectivity index (χ0v) is 17.3. The van der Waals surface area contributed by atoms with Crippen LogP contribution in [0.2, 0.25) is 0 Å². The molecule has 0 heterocycles. The van der Waals surface area contributed by atoms with Crippen molar-refractivity contribution in [2.75, 3.05) is 5.32 Å². The lowest BCUT2D eigenvalue weighted by Gasteiger charge is -2.18. The van der Waals surface area contributed by atoms with E-state index in [9.17, 15) is 9.18 Å². The Morgan fingerprint density at radius 1 is 1.07 bits per heavy atom. The first-order valence-corrected chi connectivity index (χ1v) is 10.5. The molecule has 0 aliphatic heterocycles. The Balaban J connectivity index is 1.60. The van der Waals surface area contributed by atoms with Crippen LogP contribution in [0, 0.1) is 12.7 Å². The van der Waals surface area contributed by atoms with E-state index >= 15 is 0 Å². The Morgan fingerprint density at radius 3 is 2.45 bits per heavy atom. The van der Waals surface area contributed by atoms with E-state index in [-0.39, 0.29) is 11.7 Å². The number of rotatable bonds is 8. The first-order chi connectivity index (χ1) is 14.0. The van der Waals surface area contributed by atoms with E-state index in [0.29, 0.717) is 12.2 Å². The molecule has 150 valence electrons. The van der Waals surface area contributed by atoms with Gasteiger partial charge in [-0.1, -0.05) is 37.3 Å². The number of thioether (sulfide) groups is 1. The van der Waals surface area contributed by atoms with Crippen LogP contribution in [0.4, 0.5) is 10.1 Å². The Kier molecular flexibility index (Phi) is 7.30. The molecule has 0 unspecified atom stereocenters. The van der Waals surface area contributed by atoms with Gasteiger partial charge in [0.05, 0.1) is 0 Å². The van der Waals surface area contributed by atoms with E-state index in [2.05, 4.69) is 23.5 Å². The van der Waals surface area contributed by atoms with Gasteiger partial charge in [-0.25, -0.2) is 4.39 Å². The van der Waals surface area contributed by atoms with Crippen molar-refractivity contribution in [3.05, 3.63) is 89.7 Å². The van der Waals surface area contributed by atoms with Gasteiger partial charge in [-0.15, -0.1) is 11.8 Å². The largest absolute Gasteiger partial charge is 0.481 e. The highest BCUT2D eigenvalue weighted by Crippen LogP contribution is 2.25. The van der Waals surface area contributed by atoms with Crippen molar-refractivity contribution in [1.29, 1.82) is 0 Å². The summed E-state index contributed by atoms with van der Waals surface area (Å²) >= 11 is 1.78. The number of ether oxygens (including phenoxy) is 1. The first kappa shape index (κ1) is 20.9. The Bertz CT molecular complexity index is 945. The van der Waals surface area contributed by atoms with Crippen molar-refractivity contribution in [3.8, 4) is 5.75 Å². The molecule has 0 spiro atoms. The third kappa shape index (κ3) is 6.09. The molecule has 0 saturated heterocycles. The molecule has 3 aromatic rings. The molecule has 0 aliphatic carbocycles. The molecule has 0 aliphatic rings. The molecular weight excluding hydrogens is 385 g/mol. The standard InChI is InChI=1S/C24H24FNO2S/c1-3-23(28-20-12-10-19(25)11-13-20)24(27)26-22-14-9-18(15-17(22)2)16-29-21-7-5-4-6-8-21/h4-15,23H,3,16H2,1-2H3,(H,26,27)/t23-/m1/s1. The zero-order valence-electron chi connectivity index (χ0n) is 16.5. The maximum atomic E-state index is 13.0. The van der Waals surface area contributed by atoms with Gasteiger partial charge in [0.15, 0.2) is 6.10 Å². The monoisotopic (exact) mass is 409 g/mol. The molecular formula is C24H24FNO2S. The number of aryl methyl sites for hydroxylation is 1. The molecule has 3 rings (SSSR count). The molecule has 1 N–H and O–H groups in total. The summed E-state index contributed by atoms with van der Waals surface area (Å²) in [5, 5.41) is 2.95. The van der Waals surface area contributed by atoms with Crippen LogP contribution in [0.25, 0.3) is 0 Å². The fourth-order valence-corrected chi connectivity index (χ4v) is 3.71. The molecule has 3 aromatic carbocycles. The average Bonchev–Trinajstić information content (AvgIpc) is 2.74. The summed E-state index contributed by atoms with van der Waals surface area (Å²) in [5.41, 5.74) is 2.97. The lowest BCUT2D eigenvalue weighted by atomic mass is 10.1. The highest BCUT2D eigenvalue weighted by atomic mass is 32.2. The number of hydrogen-bond acceptors (Lipinski definition) is 3. The fraction of sp³-hybridized carbons (Fsp3) is 0.208. The van der Waals surface area contributed by atoms with Crippen LogP contribution < -0.4 is 10.1 Å². The highest BCUT2D eigenvalue weighted by molar-refractivity contribution is 7.98. The number of nitrogens with one attached hydrogen (secondary N) is 1. The van der Waals surface area contributed by atoms with Crippen molar-refractivity contribution in [2.45, 2.75) is 37.0 Å². The number of carbonyl (C=O) groups is 1. The first-order valence-electron chi connectivity index (χ1n) is 9.55. The summed E-state index contributed by atoms with van der Waals surface area (Å²) in [4.78, 5) is 13.9. The van der Waals surface area contributed by atoms with Crippen LogP contribution in [0.1, 0.15) is 24.5 Å². The van der Waals surface area contributed by atoms with E-state index in [1.807, 2.05) is 44.2 Å². The SMILES string of the molecule is CC[C@@H](Oc1ccc(F)cc1)C(=O)Nc1ccc(CSc2ccccc2)cc1C. The molecule has 5 heteroatoms. The summed E-state index contributed by atoms with van der Waals surface area (Å²) in [6.45, 7) is 3.86. The van der Waals surface area contributed by atoms with Gasteiger partial charge in [-0.05, 0) is 66.9 Å². The van der Waals surface area contributed by atoms with E-state index in [1.54, 1.807) is 11.8 Å². The minimum absolute atomic E-state index is 0.216. The summed E-state index contributed by atoms with van der Waals surface area (Å²) in [7, 11) is 0. The van der Waals surface area contributed by atoms with Crippen LogP contribution in [0.5, 0.6) is 5.75 Å². The lowest BCUT2D eigenvalue weighted by Crippen LogP contribution is -2.32. The maximum absolute atomic E-state index is 13.0. The minimum Gasteiger partial charge on any atom is -0.481 e. The Labute approximate surface area is 175 Å². The highest BCUT2D eigenvalue weighted by Gasteiger charge is 2.19. The summed E-state index contributed by atoms with van der Waals surface area (Å²) in [6.07, 6.45) is -0.137. The normalized spacial score (nSPS) is 11.7. The molecule has 3 nitrogen and oxygen atoms in total. The molecule has 0 aromatic heterocycles. The number of benzene rings is 3.